The number of nitrogens with one attached hydrogen (secondary N) is 2. The molecule has 1 aliphatic heterocycles. The minimum atomic E-state index is -0.676. The van der Waals surface area contributed by atoms with E-state index in [1.165, 1.54) is 24.3 Å². The van der Waals surface area contributed by atoms with E-state index < -0.39 is 16.9 Å². The smallest absolute Gasteiger partial charge is 0.270 e. The summed E-state index contributed by atoms with van der Waals surface area (Å²) >= 11 is 0. The molecule has 23 heavy (non-hydrogen) atoms. The van der Waals surface area contributed by atoms with E-state index in [2.05, 4.69) is 10.6 Å². The molecular formula is C14H19ClN4O4. The predicted molar refractivity (Wildman–Crippen MR) is 86.7 cm³/mol. The van der Waals surface area contributed by atoms with E-state index in [1.807, 2.05) is 0 Å². The van der Waals surface area contributed by atoms with Crippen LogP contribution in [0.5, 0.6) is 0 Å². The zero-order valence-electron chi connectivity index (χ0n) is 12.7. The Kier molecular flexibility index (Phi) is 6.92. The Bertz CT molecular complexity index is 590. The molecule has 1 unspecified atom stereocenters. The summed E-state index contributed by atoms with van der Waals surface area (Å²) in [5.74, 6) is -0.653. The van der Waals surface area contributed by atoms with Crippen LogP contribution in [0.4, 0.5) is 5.69 Å². The van der Waals surface area contributed by atoms with Crippen LogP contribution in [0.3, 0.4) is 0 Å². The summed E-state index contributed by atoms with van der Waals surface area (Å²) < 4.78 is 0. The van der Waals surface area contributed by atoms with Crippen molar-refractivity contribution < 1.29 is 14.5 Å². The molecule has 126 valence electrons. The predicted octanol–water partition coefficient (Wildman–Crippen LogP) is 0.567. The summed E-state index contributed by atoms with van der Waals surface area (Å²) in [4.78, 5) is 36.2. The molecule has 0 saturated carbocycles. The number of hydrogen-bond acceptors (Lipinski definition) is 5. The highest BCUT2D eigenvalue weighted by molar-refractivity contribution is 5.97. The maximum Gasteiger partial charge on any atom is 0.270 e. The second-order valence-corrected chi connectivity index (χ2v) is 5.08. The molecule has 9 heteroatoms. The van der Waals surface area contributed by atoms with E-state index in [9.17, 15) is 19.7 Å². The standard InChI is InChI=1S/C14H18N4O4.ClH/c1-10(14(20)17-7-5-15-6-8-17)16-13(19)11-3-2-4-12(9-11)18(21)22;/h2-4,9-10,15H,5-8H2,1H3,(H,16,19);1H. The SMILES string of the molecule is CC(NC(=O)c1cccc([N+](=O)[O-])c1)C(=O)N1CCNCC1.Cl. The fourth-order valence-corrected chi connectivity index (χ4v) is 2.26. The number of nitro groups is 1. The van der Waals surface area contributed by atoms with Gasteiger partial charge in [0.25, 0.3) is 11.6 Å². The molecule has 2 amide bonds. The van der Waals surface area contributed by atoms with Crippen molar-refractivity contribution in [2.24, 2.45) is 0 Å². The largest absolute Gasteiger partial charge is 0.341 e. The van der Waals surface area contributed by atoms with Crippen molar-refractivity contribution in [3.05, 3.63) is 39.9 Å². The molecule has 1 aliphatic rings. The molecule has 1 saturated heterocycles. The van der Waals surface area contributed by atoms with E-state index in [1.54, 1.807) is 11.8 Å². The quantitative estimate of drug-likeness (QED) is 0.614. The van der Waals surface area contributed by atoms with Crippen molar-refractivity contribution in [3.63, 3.8) is 0 Å². The number of non-ortho nitro benzene ring substituents is 1. The summed E-state index contributed by atoms with van der Waals surface area (Å²) in [7, 11) is 0. The van der Waals surface area contributed by atoms with Crippen LogP contribution in [0, 0.1) is 10.1 Å². The summed E-state index contributed by atoms with van der Waals surface area (Å²) in [5, 5.41) is 16.5. The lowest BCUT2D eigenvalue weighted by Gasteiger charge is -2.30. The van der Waals surface area contributed by atoms with Gasteiger partial charge in [0.2, 0.25) is 5.91 Å². The third-order valence-corrected chi connectivity index (χ3v) is 3.47. The van der Waals surface area contributed by atoms with Gasteiger partial charge in [-0.15, -0.1) is 12.4 Å². The van der Waals surface area contributed by atoms with Gasteiger partial charge in [-0.1, -0.05) is 6.07 Å². The molecule has 1 heterocycles. The lowest BCUT2D eigenvalue weighted by Crippen LogP contribution is -2.53. The number of nitro benzene ring substituents is 1. The van der Waals surface area contributed by atoms with Crippen molar-refractivity contribution in [1.29, 1.82) is 0 Å². The van der Waals surface area contributed by atoms with Crippen LogP contribution >= 0.6 is 12.4 Å². The van der Waals surface area contributed by atoms with Gasteiger partial charge in [-0.2, -0.15) is 0 Å². The Morgan fingerprint density at radius 2 is 2.00 bits per heavy atom. The lowest BCUT2D eigenvalue weighted by molar-refractivity contribution is -0.384. The highest BCUT2D eigenvalue weighted by Gasteiger charge is 2.24. The number of piperazine rings is 1. The number of carbonyl (C=O) groups is 2. The molecule has 2 N–H and O–H groups in total. The van der Waals surface area contributed by atoms with Gasteiger partial charge >= 0.3 is 0 Å². The molecule has 0 aliphatic carbocycles. The first-order valence-electron chi connectivity index (χ1n) is 7.04. The number of halogens is 1. The molecule has 1 aromatic carbocycles. The summed E-state index contributed by atoms with van der Waals surface area (Å²) in [6.45, 7) is 4.29. The van der Waals surface area contributed by atoms with E-state index in [4.69, 9.17) is 0 Å². The van der Waals surface area contributed by atoms with E-state index in [0.717, 1.165) is 13.1 Å². The average molecular weight is 343 g/mol. The molecule has 0 aromatic heterocycles. The zero-order valence-corrected chi connectivity index (χ0v) is 13.5. The van der Waals surface area contributed by atoms with Crippen LogP contribution in [0.1, 0.15) is 17.3 Å². The zero-order chi connectivity index (χ0) is 16.1. The van der Waals surface area contributed by atoms with E-state index >= 15 is 0 Å². The van der Waals surface area contributed by atoms with Gasteiger partial charge in [0.1, 0.15) is 6.04 Å². The molecule has 0 bridgehead atoms. The maximum atomic E-state index is 12.2. The molecule has 0 spiro atoms. The van der Waals surface area contributed by atoms with Gasteiger partial charge in [-0.25, -0.2) is 0 Å². The Balaban J connectivity index is 0.00000264. The average Bonchev–Trinajstić information content (AvgIpc) is 2.54. The van der Waals surface area contributed by atoms with Gasteiger partial charge in [0.15, 0.2) is 0 Å². The number of amides is 2. The van der Waals surface area contributed by atoms with Gasteiger partial charge < -0.3 is 15.5 Å². The Morgan fingerprint density at radius 3 is 2.61 bits per heavy atom. The second-order valence-electron chi connectivity index (χ2n) is 5.08. The number of hydrogen-bond donors (Lipinski definition) is 2. The van der Waals surface area contributed by atoms with Gasteiger partial charge in [-0.3, -0.25) is 19.7 Å². The van der Waals surface area contributed by atoms with Gasteiger partial charge in [0.05, 0.1) is 4.92 Å². The summed E-state index contributed by atoms with van der Waals surface area (Å²) in [6.07, 6.45) is 0. The monoisotopic (exact) mass is 342 g/mol. The Labute approximate surface area is 139 Å². The van der Waals surface area contributed by atoms with E-state index in [0.29, 0.717) is 13.1 Å². The highest BCUT2D eigenvalue weighted by Crippen LogP contribution is 2.13. The van der Waals surface area contributed by atoms with Crippen LogP contribution in [-0.4, -0.2) is 53.9 Å². The third-order valence-electron chi connectivity index (χ3n) is 3.47. The van der Waals surface area contributed by atoms with Crippen LogP contribution in [0.25, 0.3) is 0 Å². The van der Waals surface area contributed by atoms with Crippen molar-refractivity contribution in [2.75, 3.05) is 26.2 Å². The Hall–Kier alpha value is -2.19. The van der Waals surface area contributed by atoms with Crippen LogP contribution in [0.2, 0.25) is 0 Å². The number of benzene rings is 1. The first kappa shape index (κ1) is 18.9. The fraction of sp³-hybridized carbons (Fsp3) is 0.429. The summed E-state index contributed by atoms with van der Waals surface area (Å²) in [6, 6.07) is 4.74. The van der Waals surface area contributed by atoms with Gasteiger partial charge in [-0.05, 0) is 13.0 Å². The fourth-order valence-electron chi connectivity index (χ4n) is 2.26. The summed E-state index contributed by atoms with van der Waals surface area (Å²) in [5.41, 5.74) is 0.00268. The first-order chi connectivity index (χ1) is 10.5. The lowest BCUT2D eigenvalue weighted by atomic mass is 10.1. The molecule has 1 fully saturated rings. The van der Waals surface area contributed by atoms with Crippen molar-refractivity contribution in [1.82, 2.24) is 15.5 Å². The Morgan fingerprint density at radius 1 is 1.35 bits per heavy atom. The van der Waals surface area contributed by atoms with Crippen LogP contribution < -0.4 is 10.6 Å². The second kappa shape index (κ2) is 8.44. The minimum Gasteiger partial charge on any atom is -0.341 e. The number of rotatable bonds is 4. The molecule has 1 atom stereocenters. The molecular weight excluding hydrogens is 324 g/mol. The molecule has 0 radical (unpaired) electrons. The van der Waals surface area contributed by atoms with E-state index in [-0.39, 0.29) is 29.6 Å². The first-order valence-corrected chi connectivity index (χ1v) is 7.04. The third kappa shape index (κ3) is 4.90. The van der Waals surface area contributed by atoms with Gasteiger partial charge in [0, 0.05) is 43.9 Å². The maximum absolute atomic E-state index is 12.2. The van der Waals surface area contributed by atoms with Crippen molar-refractivity contribution in [2.45, 2.75) is 13.0 Å². The van der Waals surface area contributed by atoms with Crippen LogP contribution in [-0.2, 0) is 4.79 Å². The number of nitrogens with zero attached hydrogens (tertiary/aromatic N) is 2. The van der Waals surface area contributed by atoms with Crippen LogP contribution in [0.15, 0.2) is 24.3 Å². The topological polar surface area (TPSA) is 105 Å². The van der Waals surface area contributed by atoms with Crippen molar-refractivity contribution in [3.8, 4) is 0 Å². The molecule has 8 nitrogen and oxygen atoms in total. The normalized spacial score (nSPS) is 15.3. The number of carbonyl (C=O) groups excluding carboxylic acids is 2. The van der Waals surface area contributed by atoms with Crippen molar-refractivity contribution >= 4 is 29.9 Å². The minimum absolute atomic E-state index is 0. The highest BCUT2D eigenvalue weighted by atomic mass is 35.5. The molecule has 1 aromatic rings. The molecule has 2 rings (SSSR count).